The van der Waals surface area contributed by atoms with E-state index < -0.39 is 0 Å². The van der Waals surface area contributed by atoms with Crippen LogP contribution in [0.2, 0.25) is 5.02 Å². The number of rotatable bonds is 1. The van der Waals surface area contributed by atoms with E-state index in [2.05, 4.69) is 0 Å². The Labute approximate surface area is 88.3 Å². The van der Waals surface area contributed by atoms with Crippen LogP contribution in [0.1, 0.15) is 11.3 Å². The van der Waals surface area contributed by atoms with Crippen molar-refractivity contribution in [3.05, 3.63) is 46.7 Å². The molecule has 0 radical (unpaired) electrons. The van der Waals surface area contributed by atoms with Crippen molar-refractivity contribution in [2.75, 3.05) is 0 Å². The standard InChI is InChI=1S/C12H11ClO/c1-8-6-7-12(14-8)10-4-3-5-11(13)9(10)2/h3-7H,1-2H3. The lowest BCUT2D eigenvalue weighted by Crippen LogP contribution is -1.81. The van der Waals surface area contributed by atoms with E-state index in [-0.39, 0.29) is 0 Å². The Kier molecular flexibility index (Phi) is 2.34. The molecule has 0 spiro atoms. The molecule has 2 rings (SSSR count). The molecule has 2 heteroatoms. The fraction of sp³-hybridized carbons (Fsp3) is 0.167. The van der Waals surface area contributed by atoms with Gasteiger partial charge in [-0.15, -0.1) is 0 Å². The smallest absolute Gasteiger partial charge is 0.134 e. The minimum Gasteiger partial charge on any atom is -0.461 e. The van der Waals surface area contributed by atoms with E-state index in [0.29, 0.717) is 0 Å². The van der Waals surface area contributed by atoms with Crippen molar-refractivity contribution < 1.29 is 4.42 Å². The van der Waals surface area contributed by atoms with Gasteiger partial charge in [-0.05, 0) is 37.6 Å². The Bertz CT molecular complexity index is 457. The van der Waals surface area contributed by atoms with Gasteiger partial charge in [0.1, 0.15) is 11.5 Å². The molecule has 0 unspecified atom stereocenters. The lowest BCUT2D eigenvalue weighted by atomic mass is 10.1. The molecule has 14 heavy (non-hydrogen) atoms. The van der Waals surface area contributed by atoms with Gasteiger partial charge in [0.25, 0.3) is 0 Å². The van der Waals surface area contributed by atoms with Crippen LogP contribution in [-0.2, 0) is 0 Å². The molecule has 0 amide bonds. The van der Waals surface area contributed by atoms with Crippen molar-refractivity contribution in [1.82, 2.24) is 0 Å². The third-order valence-electron chi connectivity index (χ3n) is 2.27. The average Bonchev–Trinajstić information content (AvgIpc) is 2.57. The minimum absolute atomic E-state index is 0.775. The number of hydrogen-bond acceptors (Lipinski definition) is 1. The van der Waals surface area contributed by atoms with Gasteiger partial charge < -0.3 is 4.42 Å². The molecule has 0 bridgehead atoms. The predicted molar refractivity (Wildman–Crippen MR) is 58.6 cm³/mol. The maximum atomic E-state index is 6.03. The Morgan fingerprint density at radius 2 is 1.86 bits per heavy atom. The first kappa shape index (κ1) is 9.35. The van der Waals surface area contributed by atoms with Gasteiger partial charge in [-0.25, -0.2) is 0 Å². The summed E-state index contributed by atoms with van der Waals surface area (Å²) >= 11 is 6.03. The highest BCUT2D eigenvalue weighted by atomic mass is 35.5. The molecular formula is C12H11ClO. The third-order valence-corrected chi connectivity index (χ3v) is 2.68. The zero-order chi connectivity index (χ0) is 10.1. The molecule has 1 nitrogen and oxygen atoms in total. The quantitative estimate of drug-likeness (QED) is 0.681. The molecule has 0 N–H and O–H groups in total. The second kappa shape index (κ2) is 3.50. The average molecular weight is 207 g/mol. The van der Waals surface area contributed by atoms with Crippen molar-refractivity contribution in [3.63, 3.8) is 0 Å². The highest BCUT2D eigenvalue weighted by Gasteiger charge is 2.07. The molecule has 0 atom stereocenters. The minimum atomic E-state index is 0.775. The van der Waals surface area contributed by atoms with E-state index in [4.69, 9.17) is 16.0 Å². The Hall–Kier alpha value is -1.21. The summed E-state index contributed by atoms with van der Waals surface area (Å²) in [5.74, 6) is 1.79. The van der Waals surface area contributed by atoms with Gasteiger partial charge in [0.05, 0.1) is 0 Å². The number of hydrogen-bond donors (Lipinski definition) is 0. The van der Waals surface area contributed by atoms with E-state index in [0.717, 1.165) is 27.7 Å². The van der Waals surface area contributed by atoms with Crippen molar-refractivity contribution in [3.8, 4) is 11.3 Å². The molecule has 0 saturated carbocycles. The highest BCUT2D eigenvalue weighted by molar-refractivity contribution is 6.31. The number of benzene rings is 1. The van der Waals surface area contributed by atoms with Gasteiger partial charge in [0.2, 0.25) is 0 Å². The molecule has 0 aliphatic rings. The molecule has 0 aliphatic carbocycles. The monoisotopic (exact) mass is 206 g/mol. The van der Waals surface area contributed by atoms with Crippen molar-refractivity contribution in [2.24, 2.45) is 0 Å². The van der Waals surface area contributed by atoms with Crippen LogP contribution in [0.3, 0.4) is 0 Å². The van der Waals surface area contributed by atoms with Crippen LogP contribution in [0.25, 0.3) is 11.3 Å². The lowest BCUT2D eigenvalue weighted by molar-refractivity contribution is 0.548. The second-order valence-corrected chi connectivity index (χ2v) is 3.73. The van der Waals surface area contributed by atoms with Gasteiger partial charge in [-0.2, -0.15) is 0 Å². The summed E-state index contributed by atoms with van der Waals surface area (Å²) < 4.78 is 5.55. The summed E-state index contributed by atoms with van der Waals surface area (Å²) in [6.45, 7) is 3.93. The molecule has 2 aromatic rings. The summed E-state index contributed by atoms with van der Waals surface area (Å²) in [5.41, 5.74) is 2.12. The van der Waals surface area contributed by atoms with E-state index in [9.17, 15) is 0 Å². The first-order chi connectivity index (χ1) is 6.68. The fourth-order valence-electron chi connectivity index (χ4n) is 1.45. The van der Waals surface area contributed by atoms with E-state index >= 15 is 0 Å². The van der Waals surface area contributed by atoms with Crippen molar-refractivity contribution in [1.29, 1.82) is 0 Å². The van der Waals surface area contributed by atoms with E-state index in [1.165, 1.54) is 0 Å². The van der Waals surface area contributed by atoms with Crippen LogP contribution in [0.5, 0.6) is 0 Å². The van der Waals surface area contributed by atoms with Crippen LogP contribution in [0.4, 0.5) is 0 Å². The molecule has 72 valence electrons. The summed E-state index contributed by atoms with van der Waals surface area (Å²) in [4.78, 5) is 0. The lowest BCUT2D eigenvalue weighted by Gasteiger charge is -2.03. The largest absolute Gasteiger partial charge is 0.461 e. The molecule has 1 heterocycles. The third kappa shape index (κ3) is 1.55. The van der Waals surface area contributed by atoms with Gasteiger partial charge >= 0.3 is 0 Å². The van der Waals surface area contributed by atoms with Crippen LogP contribution >= 0.6 is 11.6 Å². The van der Waals surface area contributed by atoms with Crippen molar-refractivity contribution in [2.45, 2.75) is 13.8 Å². The summed E-state index contributed by atoms with van der Waals surface area (Å²) in [5, 5.41) is 0.775. The number of furan rings is 1. The fourth-order valence-corrected chi connectivity index (χ4v) is 1.63. The maximum absolute atomic E-state index is 6.03. The number of halogens is 1. The zero-order valence-electron chi connectivity index (χ0n) is 8.17. The molecule has 0 aliphatic heterocycles. The van der Waals surface area contributed by atoms with Crippen LogP contribution in [-0.4, -0.2) is 0 Å². The predicted octanol–water partition coefficient (Wildman–Crippen LogP) is 4.22. The van der Waals surface area contributed by atoms with Gasteiger partial charge in [-0.1, -0.05) is 23.7 Å². The van der Waals surface area contributed by atoms with Crippen LogP contribution in [0.15, 0.2) is 34.7 Å². The molecule has 1 aromatic heterocycles. The highest BCUT2D eigenvalue weighted by Crippen LogP contribution is 2.29. The SMILES string of the molecule is Cc1ccc(-c2cccc(Cl)c2C)o1. The zero-order valence-corrected chi connectivity index (χ0v) is 8.93. The normalized spacial score (nSPS) is 10.5. The summed E-state index contributed by atoms with van der Waals surface area (Å²) in [6.07, 6.45) is 0. The van der Waals surface area contributed by atoms with Gasteiger partial charge in [-0.3, -0.25) is 0 Å². The first-order valence-corrected chi connectivity index (χ1v) is 4.88. The van der Waals surface area contributed by atoms with Gasteiger partial charge in [0, 0.05) is 10.6 Å². The summed E-state index contributed by atoms with van der Waals surface area (Å²) in [7, 11) is 0. The second-order valence-electron chi connectivity index (χ2n) is 3.32. The molecule has 0 saturated heterocycles. The van der Waals surface area contributed by atoms with Crippen molar-refractivity contribution >= 4 is 11.6 Å². The Morgan fingerprint density at radius 1 is 1.07 bits per heavy atom. The Balaban J connectivity index is 2.57. The first-order valence-electron chi connectivity index (χ1n) is 4.50. The molecular weight excluding hydrogens is 196 g/mol. The van der Waals surface area contributed by atoms with E-state index in [1.54, 1.807) is 0 Å². The molecule has 0 fully saturated rings. The number of aryl methyl sites for hydroxylation is 1. The topological polar surface area (TPSA) is 13.1 Å². The van der Waals surface area contributed by atoms with Crippen LogP contribution in [0, 0.1) is 13.8 Å². The molecule has 1 aromatic carbocycles. The summed E-state index contributed by atoms with van der Waals surface area (Å²) in [6, 6.07) is 9.75. The van der Waals surface area contributed by atoms with Crippen LogP contribution < -0.4 is 0 Å². The Morgan fingerprint density at radius 3 is 2.50 bits per heavy atom. The van der Waals surface area contributed by atoms with E-state index in [1.807, 2.05) is 44.2 Å². The van der Waals surface area contributed by atoms with Gasteiger partial charge in [0.15, 0.2) is 0 Å². The maximum Gasteiger partial charge on any atom is 0.134 e.